The maximum absolute atomic E-state index is 14.5. The second-order valence-electron chi connectivity index (χ2n) is 37.2. The molecule has 21 N–H and O–H groups in total. The van der Waals surface area contributed by atoms with E-state index < -0.39 is 235 Å². The molecule has 0 aromatic carbocycles. The van der Waals surface area contributed by atoms with E-state index in [1.54, 1.807) is 48.5 Å². The molecule has 1 heterocycles. The molecule has 0 aromatic heterocycles. The number of primary amides is 2. The Morgan fingerprint density at radius 2 is 0.736 bits per heavy atom. The van der Waals surface area contributed by atoms with Crippen molar-refractivity contribution in [3.63, 3.8) is 0 Å². The van der Waals surface area contributed by atoms with E-state index in [4.69, 9.17) is 11.5 Å². The van der Waals surface area contributed by atoms with Crippen LogP contribution < -0.4 is 102 Å². The average Bonchev–Trinajstić information content (AvgIpc) is 1.76. The molecule has 0 aromatic rings. The topological polar surface area (TPSA) is 618 Å². The zero-order valence-electron chi connectivity index (χ0n) is 75.8. The van der Waals surface area contributed by atoms with Crippen molar-refractivity contribution in [1.82, 2.24) is 95.3 Å². The summed E-state index contributed by atoms with van der Waals surface area (Å²) < 4.78 is 0. The molecule has 41 heteroatoms. The Morgan fingerprint density at radius 1 is 0.388 bits per heavy atom. The number of nitrogens with one attached hydrogen (secondary N) is 17. The summed E-state index contributed by atoms with van der Waals surface area (Å²) in [4.78, 5) is 284. The second-order valence-corrected chi connectivity index (χ2v) is 37.2. The lowest BCUT2D eigenvalue weighted by molar-refractivity contribution is -0.146. The smallest absolute Gasteiger partial charge is 0.248 e. The van der Waals surface area contributed by atoms with Crippen molar-refractivity contribution in [2.75, 3.05) is 13.1 Å². The fourth-order valence-electron chi connectivity index (χ4n) is 11.8. The molecule has 20 amide bonds. The number of likely N-dealkylation sites (tertiary alicyclic amines) is 1. The van der Waals surface area contributed by atoms with Crippen LogP contribution >= 0.6 is 0 Å². The SMILES string of the molecule is CCC(C)(NC(=O)C(C)(C)NC(=O)C(CC(C)C)NC(=O)C1CCCN1C(=O)C(C)(C)NC(=O)C(C)(C)NC(=O)C(C)NC(=O)C(C)(C)NC(=O)C(C)(C)NC(=O)C(C)(C)NC(=O)C(CCC(N)=O)NC(=O)C(C)(C)NC(=O)C(CC(C)C)NC(=O)C(C)(C)NC(=O)CNC(=O)C(C)(C)NC(C)=O)C(=O)NC(CCC(N)=O)C(=O)NC(C=O)C(C)C. The predicted octanol–water partition coefficient (Wildman–Crippen LogP) is -3.14. The van der Waals surface area contributed by atoms with Gasteiger partial charge in [0.2, 0.25) is 118 Å². The number of nitrogens with two attached hydrogens (primary N) is 2. The highest BCUT2D eigenvalue weighted by molar-refractivity contribution is 6.05. The highest BCUT2D eigenvalue weighted by atomic mass is 16.2. The van der Waals surface area contributed by atoms with Gasteiger partial charge in [0.1, 0.15) is 97.9 Å². The first kappa shape index (κ1) is 108. The van der Waals surface area contributed by atoms with Crippen LogP contribution in [-0.2, 0) is 101 Å². The largest absolute Gasteiger partial charge is 0.370 e. The second kappa shape index (κ2) is 43.5. The zero-order chi connectivity index (χ0) is 94.4. The van der Waals surface area contributed by atoms with E-state index in [1.165, 1.54) is 150 Å². The Labute approximate surface area is 709 Å². The molecular weight excluding hydrogens is 1580 g/mol. The van der Waals surface area contributed by atoms with Crippen molar-refractivity contribution >= 4 is 124 Å². The van der Waals surface area contributed by atoms with Gasteiger partial charge in [-0.2, -0.15) is 0 Å². The van der Waals surface area contributed by atoms with Crippen molar-refractivity contribution in [3.05, 3.63) is 0 Å². The minimum Gasteiger partial charge on any atom is -0.370 e. The summed E-state index contributed by atoms with van der Waals surface area (Å²) in [5.41, 5.74) is -6.76. The average molecular weight is 1720 g/mol. The van der Waals surface area contributed by atoms with Crippen LogP contribution in [0.2, 0.25) is 0 Å². The minimum absolute atomic E-state index is 0.0280. The first-order valence-electron chi connectivity index (χ1n) is 40.4. The first-order valence-corrected chi connectivity index (χ1v) is 40.4. The van der Waals surface area contributed by atoms with Gasteiger partial charge in [-0.15, -0.1) is 0 Å². The molecule has 8 atom stereocenters. The molecule has 1 saturated heterocycles. The molecule has 1 aliphatic heterocycles. The number of aldehydes is 1. The molecule has 0 aliphatic carbocycles. The summed E-state index contributed by atoms with van der Waals surface area (Å²) in [5, 5.41) is 43.4. The molecule has 121 heavy (non-hydrogen) atoms. The van der Waals surface area contributed by atoms with Crippen molar-refractivity contribution < 1.29 is 101 Å². The molecule has 0 bridgehead atoms. The number of amides is 20. The molecule has 41 nitrogen and oxygen atoms in total. The fraction of sp³-hybridized carbons (Fsp3) is 0.738. The van der Waals surface area contributed by atoms with Crippen LogP contribution in [0.1, 0.15) is 252 Å². The van der Waals surface area contributed by atoms with Crippen molar-refractivity contribution in [3.8, 4) is 0 Å². The van der Waals surface area contributed by atoms with Gasteiger partial charge in [0.05, 0.1) is 12.6 Å². The Morgan fingerprint density at radius 3 is 1.15 bits per heavy atom. The summed E-state index contributed by atoms with van der Waals surface area (Å²) in [6.07, 6.45) is -0.347. The summed E-state index contributed by atoms with van der Waals surface area (Å²) in [6.45, 7) is 39.3. The van der Waals surface area contributed by atoms with Crippen molar-refractivity contribution in [2.45, 2.75) is 349 Å². The van der Waals surface area contributed by atoms with E-state index >= 15 is 0 Å². The number of hydrogen-bond acceptors (Lipinski definition) is 21. The third-order valence-electron chi connectivity index (χ3n) is 20.0. The van der Waals surface area contributed by atoms with E-state index in [2.05, 4.69) is 90.4 Å². The molecule has 1 fully saturated rings. The van der Waals surface area contributed by atoms with E-state index in [9.17, 15) is 101 Å². The molecular formula is C80H138N20O21. The Hall–Kier alpha value is -10.9. The third-order valence-corrected chi connectivity index (χ3v) is 20.0. The molecule has 0 saturated carbocycles. The first-order chi connectivity index (χ1) is 54.8. The molecule has 0 spiro atoms. The van der Waals surface area contributed by atoms with Crippen LogP contribution in [-0.4, -0.2) is 240 Å². The lowest BCUT2D eigenvalue weighted by Crippen LogP contribution is -2.68. The van der Waals surface area contributed by atoms with Gasteiger partial charge < -0.3 is 112 Å². The highest BCUT2D eigenvalue weighted by Crippen LogP contribution is 2.25. The number of hydrogen-bond donors (Lipinski definition) is 19. The van der Waals surface area contributed by atoms with Crippen LogP contribution in [0.4, 0.5) is 0 Å². The van der Waals surface area contributed by atoms with Gasteiger partial charge in [-0.3, -0.25) is 95.9 Å². The van der Waals surface area contributed by atoms with Gasteiger partial charge in [0, 0.05) is 26.3 Å². The monoisotopic (exact) mass is 1720 g/mol. The molecule has 1 rings (SSSR count). The normalized spacial score (nSPS) is 15.5. The van der Waals surface area contributed by atoms with Gasteiger partial charge >= 0.3 is 0 Å². The number of carbonyl (C=O) groups excluding carboxylic acids is 21. The van der Waals surface area contributed by atoms with E-state index in [0.717, 1.165) is 0 Å². The van der Waals surface area contributed by atoms with Crippen molar-refractivity contribution in [1.29, 1.82) is 0 Å². The van der Waals surface area contributed by atoms with E-state index in [-0.39, 0.29) is 62.8 Å². The summed E-state index contributed by atoms with van der Waals surface area (Å²) in [6, 6.07) is -8.99. The quantitative estimate of drug-likeness (QED) is 0.0268. The minimum atomic E-state index is -1.91. The molecule has 684 valence electrons. The third kappa shape index (κ3) is 33.5. The Bertz CT molecular complexity index is 3900. The fourth-order valence-corrected chi connectivity index (χ4v) is 11.8. The van der Waals surface area contributed by atoms with Gasteiger partial charge in [-0.05, 0) is 201 Å². The molecule has 8 unspecified atom stereocenters. The number of nitrogens with zero attached hydrogens (tertiary/aromatic N) is 1. The van der Waals surface area contributed by atoms with Crippen molar-refractivity contribution in [2.24, 2.45) is 29.2 Å². The highest BCUT2D eigenvalue weighted by Gasteiger charge is 2.49. The van der Waals surface area contributed by atoms with Gasteiger partial charge in [-0.1, -0.05) is 48.5 Å². The number of rotatable bonds is 47. The van der Waals surface area contributed by atoms with Crippen LogP contribution in [0.15, 0.2) is 0 Å². The lowest BCUT2D eigenvalue weighted by Gasteiger charge is -2.37. The zero-order valence-corrected chi connectivity index (χ0v) is 75.8. The van der Waals surface area contributed by atoms with E-state index in [0.29, 0.717) is 12.7 Å². The summed E-state index contributed by atoms with van der Waals surface area (Å²) in [7, 11) is 0. The molecule has 1 aliphatic rings. The summed E-state index contributed by atoms with van der Waals surface area (Å²) >= 11 is 0. The number of carbonyl (C=O) groups is 21. The summed E-state index contributed by atoms with van der Waals surface area (Å²) in [5.74, 6) is -17.3. The maximum atomic E-state index is 14.5. The predicted molar refractivity (Wildman–Crippen MR) is 444 cm³/mol. The van der Waals surface area contributed by atoms with Crippen LogP contribution in [0, 0.1) is 17.8 Å². The maximum Gasteiger partial charge on any atom is 0.248 e. The molecule has 0 radical (unpaired) electrons. The standard InChI is InChI=1S/C80H138N20O21/c1-29-80(28,69(120)88-46(32-34-52(81)103)56(107)86-50(40-101)43(6)7)99-68(119)77(22,23)95-58(109)48(37-41(2)3)85-60(111)51-31-30-36-100(51)70(121)79(26,27)98-66(117)75(18,19)92-55(106)44(8)84-62(113)74(16,17)96-67(118)78(24,25)97-65(116)76(20,21)93-57(108)47(33-35-53(82)104)87-64(115)73(14,15)94-59(110)49(38-42(4)5)89-63(114)72(12,13)91-54(105)39-83-61(112)71(10,11)90-45(9)102/h40-44,46-51H,29-39H2,1-28H3,(H2,81,103)(H2,82,104)(H,83,112)(H,84,113)(H,85,111)(H,86,107)(H,87,115)(H,88,120)(H,89,114)(H,90,102)(H,91,105)(H,92,106)(H,93,108)(H,94,110)(H,95,109)(H,96,118)(H,97,116)(H,98,117)(H,99,119). The van der Waals surface area contributed by atoms with Crippen LogP contribution in [0.5, 0.6) is 0 Å². The van der Waals surface area contributed by atoms with Gasteiger partial charge in [0.25, 0.3) is 0 Å². The van der Waals surface area contributed by atoms with Gasteiger partial charge in [0.15, 0.2) is 0 Å². The van der Waals surface area contributed by atoms with Crippen LogP contribution in [0.25, 0.3) is 0 Å². The lowest BCUT2D eigenvalue weighted by atomic mass is 9.93. The Balaban J connectivity index is 3.20. The van der Waals surface area contributed by atoms with Crippen LogP contribution in [0.3, 0.4) is 0 Å². The van der Waals surface area contributed by atoms with E-state index in [1.807, 2.05) is 0 Å². The Kier molecular flexibility index (Phi) is 38.9. The van der Waals surface area contributed by atoms with Gasteiger partial charge in [-0.25, -0.2) is 0 Å².